The second-order valence-corrected chi connectivity index (χ2v) is 5.73. The van der Waals surface area contributed by atoms with Crippen LogP contribution in [0.2, 0.25) is 6.04 Å². The third-order valence-corrected chi connectivity index (χ3v) is 4.35. The molecule has 1 N–H and O–H groups in total. The third kappa shape index (κ3) is 3.67. The van der Waals surface area contributed by atoms with Crippen LogP contribution in [0.15, 0.2) is 0 Å². The maximum absolute atomic E-state index is 3.50. The maximum atomic E-state index is 3.50. The van der Waals surface area contributed by atoms with Crippen LogP contribution in [-0.2, 0) is 0 Å². The largest absolute Gasteiger partial charge is 0.328 e. The fourth-order valence-corrected chi connectivity index (χ4v) is 2.78. The summed E-state index contributed by atoms with van der Waals surface area (Å²) in [5.74, 6) is 0. The second kappa shape index (κ2) is 4.96. The van der Waals surface area contributed by atoms with Crippen molar-refractivity contribution >= 4 is 9.12 Å². The molecule has 0 saturated carbocycles. The van der Waals surface area contributed by atoms with Crippen molar-refractivity contribution in [1.29, 1.82) is 0 Å². The number of rotatable bonds is 4. The van der Waals surface area contributed by atoms with Crippen molar-refractivity contribution in [2.24, 2.45) is 0 Å². The highest BCUT2D eigenvalue weighted by molar-refractivity contribution is 6.52. The lowest BCUT2D eigenvalue weighted by atomic mass is 10.8. The van der Waals surface area contributed by atoms with Crippen molar-refractivity contribution in [3.05, 3.63) is 0 Å². The predicted molar refractivity (Wildman–Crippen MR) is 45.0 cm³/mol. The summed E-state index contributed by atoms with van der Waals surface area (Å²) in [5.41, 5.74) is 0. The van der Waals surface area contributed by atoms with Gasteiger partial charge in [0.05, 0.1) is 0 Å². The SMILES string of the molecule is CCN[SiH](CC)N(C)C. The van der Waals surface area contributed by atoms with Crippen LogP contribution in [0.25, 0.3) is 0 Å². The van der Waals surface area contributed by atoms with Crippen LogP contribution in [0, 0.1) is 0 Å². The molecule has 0 heterocycles. The first-order chi connectivity index (χ1) is 4.22. The topological polar surface area (TPSA) is 15.3 Å². The van der Waals surface area contributed by atoms with Gasteiger partial charge in [-0.05, 0) is 26.7 Å². The normalized spacial score (nSPS) is 14.3. The number of hydrogen-bond donors (Lipinski definition) is 1. The Morgan fingerprint density at radius 3 is 2.00 bits per heavy atom. The molecule has 1 unspecified atom stereocenters. The summed E-state index contributed by atoms with van der Waals surface area (Å²) in [7, 11) is 3.61. The van der Waals surface area contributed by atoms with Gasteiger partial charge in [-0.25, -0.2) is 0 Å². The molecule has 0 rings (SSSR count). The van der Waals surface area contributed by atoms with Gasteiger partial charge in [-0.15, -0.1) is 0 Å². The molecular weight excluding hydrogens is 128 g/mol. The van der Waals surface area contributed by atoms with Crippen molar-refractivity contribution in [2.45, 2.75) is 19.9 Å². The average Bonchev–Trinajstić information content (AvgIpc) is 1.82. The van der Waals surface area contributed by atoms with Gasteiger partial charge in [0.2, 0.25) is 0 Å². The first kappa shape index (κ1) is 9.14. The molecule has 0 saturated heterocycles. The third-order valence-electron chi connectivity index (χ3n) is 1.45. The van der Waals surface area contributed by atoms with Gasteiger partial charge in [-0.3, -0.25) is 0 Å². The van der Waals surface area contributed by atoms with E-state index in [1.165, 1.54) is 6.04 Å². The van der Waals surface area contributed by atoms with Crippen molar-refractivity contribution in [3.8, 4) is 0 Å². The van der Waals surface area contributed by atoms with E-state index in [-0.39, 0.29) is 0 Å². The molecule has 3 heteroatoms. The Bertz CT molecular complexity index is 66.1. The highest BCUT2D eigenvalue weighted by atomic mass is 28.3. The lowest BCUT2D eigenvalue weighted by Crippen LogP contribution is -2.45. The van der Waals surface area contributed by atoms with E-state index in [2.05, 4.69) is 37.5 Å². The zero-order valence-corrected chi connectivity index (χ0v) is 8.09. The standard InChI is InChI=1S/C6H18N2Si/c1-5-7-9(6-2)8(3)4/h7,9H,5-6H2,1-4H3. The average molecular weight is 146 g/mol. The van der Waals surface area contributed by atoms with E-state index in [0.717, 1.165) is 6.54 Å². The molecule has 0 spiro atoms. The van der Waals surface area contributed by atoms with E-state index >= 15 is 0 Å². The zero-order chi connectivity index (χ0) is 7.28. The van der Waals surface area contributed by atoms with Crippen molar-refractivity contribution < 1.29 is 0 Å². The molecule has 0 aromatic heterocycles. The minimum Gasteiger partial charge on any atom is -0.328 e. The molecule has 0 aliphatic heterocycles. The first-order valence-corrected chi connectivity index (χ1v) is 5.53. The Morgan fingerprint density at radius 2 is 1.89 bits per heavy atom. The van der Waals surface area contributed by atoms with Crippen LogP contribution < -0.4 is 4.98 Å². The fourth-order valence-electron chi connectivity index (χ4n) is 0.928. The minimum absolute atomic E-state index is 0.703. The number of nitrogens with zero attached hydrogens (tertiary/aromatic N) is 1. The van der Waals surface area contributed by atoms with Gasteiger partial charge in [-0.2, -0.15) is 0 Å². The molecular formula is C6H18N2Si. The lowest BCUT2D eigenvalue weighted by Gasteiger charge is -2.20. The summed E-state index contributed by atoms with van der Waals surface area (Å²) in [5, 5.41) is 0. The van der Waals surface area contributed by atoms with E-state index in [0.29, 0.717) is 0 Å². The van der Waals surface area contributed by atoms with Crippen LogP contribution in [0.3, 0.4) is 0 Å². The van der Waals surface area contributed by atoms with Gasteiger partial charge in [0.25, 0.3) is 0 Å². The van der Waals surface area contributed by atoms with Gasteiger partial charge in [0, 0.05) is 0 Å². The summed E-state index contributed by atoms with van der Waals surface area (Å²) in [6, 6.07) is 1.31. The molecule has 9 heavy (non-hydrogen) atoms. The van der Waals surface area contributed by atoms with E-state index in [4.69, 9.17) is 0 Å². The van der Waals surface area contributed by atoms with E-state index in [9.17, 15) is 0 Å². The van der Waals surface area contributed by atoms with Crippen molar-refractivity contribution in [2.75, 3.05) is 20.6 Å². The van der Waals surface area contributed by atoms with Crippen LogP contribution in [0.4, 0.5) is 0 Å². The summed E-state index contributed by atoms with van der Waals surface area (Å²) in [6.07, 6.45) is 0. The maximum Gasteiger partial charge on any atom is 0.186 e. The van der Waals surface area contributed by atoms with Crippen molar-refractivity contribution in [1.82, 2.24) is 9.55 Å². The molecule has 0 aliphatic carbocycles. The molecule has 1 atom stereocenters. The molecule has 56 valence electrons. The molecule has 0 bridgehead atoms. The Balaban J connectivity index is 3.41. The molecule has 0 fully saturated rings. The van der Waals surface area contributed by atoms with Gasteiger partial charge in [-0.1, -0.05) is 13.8 Å². The van der Waals surface area contributed by atoms with E-state index in [1.54, 1.807) is 0 Å². The Morgan fingerprint density at radius 1 is 1.33 bits per heavy atom. The molecule has 2 nitrogen and oxygen atoms in total. The zero-order valence-electron chi connectivity index (χ0n) is 6.94. The summed E-state index contributed by atoms with van der Waals surface area (Å²) in [6.45, 7) is 5.53. The summed E-state index contributed by atoms with van der Waals surface area (Å²) < 4.78 is 2.34. The fraction of sp³-hybridized carbons (Fsp3) is 1.00. The monoisotopic (exact) mass is 146 g/mol. The number of hydrogen-bond acceptors (Lipinski definition) is 2. The summed E-state index contributed by atoms with van der Waals surface area (Å²) in [4.78, 5) is 3.50. The molecule has 0 aromatic rings. The van der Waals surface area contributed by atoms with E-state index < -0.39 is 9.12 Å². The Kier molecular flexibility index (Phi) is 5.04. The Labute approximate surface area is 60.0 Å². The summed E-state index contributed by atoms with van der Waals surface area (Å²) >= 11 is 0. The molecule has 0 aliphatic rings. The minimum atomic E-state index is -0.703. The molecule has 0 aromatic carbocycles. The van der Waals surface area contributed by atoms with Gasteiger partial charge < -0.3 is 9.55 Å². The number of nitrogens with one attached hydrogen (secondary N) is 1. The van der Waals surface area contributed by atoms with Crippen LogP contribution in [0.5, 0.6) is 0 Å². The van der Waals surface area contributed by atoms with Crippen LogP contribution >= 0.6 is 0 Å². The van der Waals surface area contributed by atoms with Gasteiger partial charge >= 0.3 is 0 Å². The Hall–Kier alpha value is 0.137. The van der Waals surface area contributed by atoms with Gasteiger partial charge in [0.1, 0.15) is 0 Å². The van der Waals surface area contributed by atoms with Crippen LogP contribution in [-0.4, -0.2) is 34.3 Å². The predicted octanol–water partition coefficient (Wildman–Crippen LogP) is 0.398. The lowest BCUT2D eigenvalue weighted by molar-refractivity contribution is 0.614. The smallest absolute Gasteiger partial charge is 0.186 e. The van der Waals surface area contributed by atoms with Gasteiger partial charge in [0.15, 0.2) is 9.12 Å². The van der Waals surface area contributed by atoms with E-state index in [1.807, 2.05) is 0 Å². The van der Waals surface area contributed by atoms with Crippen molar-refractivity contribution in [3.63, 3.8) is 0 Å². The first-order valence-electron chi connectivity index (χ1n) is 3.62. The highest BCUT2D eigenvalue weighted by Gasteiger charge is 2.07. The highest BCUT2D eigenvalue weighted by Crippen LogP contribution is 1.88. The second-order valence-electron chi connectivity index (χ2n) is 2.45. The molecule has 0 amide bonds. The quantitative estimate of drug-likeness (QED) is 0.578. The van der Waals surface area contributed by atoms with Crippen LogP contribution in [0.1, 0.15) is 13.8 Å². The molecule has 0 radical (unpaired) electrons.